The summed E-state index contributed by atoms with van der Waals surface area (Å²) in [6.45, 7) is 4.34. The number of hydrogen-bond acceptors (Lipinski definition) is 10. The monoisotopic (exact) mass is 575 g/mol. The number of phosphoric ester groups is 1. The van der Waals surface area contributed by atoms with E-state index in [1.807, 2.05) is 25.1 Å². The molecule has 1 saturated heterocycles. The van der Waals surface area contributed by atoms with Gasteiger partial charge in [-0.2, -0.15) is 4.98 Å². The Morgan fingerprint density at radius 3 is 2.46 bits per heavy atom. The fourth-order valence-corrected chi connectivity index (χ4v) is 5.96. The van der Waals surface area contributed by atoms with E-state index in [2.05, 4.69) is 25.0 Å². The fraction of sp³-hybridized carbons (Fsp3) is 0.560. The van der Waals surface area contributed by atoms with E-state index in [9.17, 15) is 19.1 Å². The topological polar surface area (TPSA) is 152 Å². The average Bonchev–Trinajstić information content (AvgIpc) is 3.47. The number of aryl methyl sites for hydroxylation is 1. The maximum Gasteiger partial charge on any atom is 1.00 e. The molecular weight excluding hydrogens is 543 g/mol. The van der Waals surface area contributed by atoms with Crippen LogP contribution in [-0.2, 0) is 15.6 Å². The van der Waals surface area contributed by atoms with E-state index in [4.69, 9.17) is 9.72 Å². The second kappa shape index (κ2) is 14.0. The van der Waals surface area contributed by atoms with Crippen LogP contribution < -0.4 is 89.2 Å². The molecule has 2 N–H and O–H groups in total. The van der Waals surface area contributed by atoms with Gasteiger partial charge in [0.15, 0.2) is 0 Å². The van der Waals surface area contributed by atoms with Crippen molar-refractivity contribution < 1.29 is 87.5 Å². The van der Waals surface area contributed by atoms with E-state index < -0.39 is 13.9 Å². The number of rotatable bonds is 9. The number of nitrogens with zero attached hydrogens (tertiary/aromatic N) is 3. The number of phosphoric acid groups is 1. The second-order valence-corrected chi connectivity index (χ2v) is 11.4. The van der Waals surface area contributed by atoms with E-state index in [1.165, 1.54) is 6.42 Å². The molecule has 11 nitrogen and oxygen atoms in total. The van der Waals surface area contributed by atoms with Crippen LogP contribution in [0, 0.1) is 18.8 Å². The number of ether oxygens (including phenoxy) is 1. The minimum absolute atomic E-state index is 0. The van der Waals surface area contributed by atoms with Crippen LogP contribution in [-0.4, -0.2) is 48.2 Å². The molecule has 1 aromatic carbocycles. The maximum atomic E-state index is 13.2. The average molecular weight is 576 g/mol. The SMILES string of the molecule is COc1ccc(CNc2nc(N3CC4CC4C3)ncc2C(=O)NC2CCC(OP(=O)([O-])[O-])CC2)cc1C.[Na+].[Na+]. The number of benzene rings is 1. The molecule has 1 amide bonds. The first kappa shape index (κ1) is 32.8. The Bertz CT molecular complexity index is 1200. The number of carbonyl (C=O) groups excluding carboxylic acids is 1. The fourth-order valence-electron chi connectivity index (χ4n) is 5.38. The number of carbonyl (C=O) groups is 1. The summed E-state index contributed by atoms with van der Waals surface area (Å²) in [5.41, 5.74) is 2.39. The van der Waals surface area contributed by atoms with Gasteiger partial charge in [0.1, 0.15) is 17.1 Å². The van der Waals surface area contributed by atoms with Crippen LogP contribution in [0.4, 0.5) is 11.8 Å². The van der Waals surface area contributed by atoms with Gasteiger partial charge < -0.3 is 39.1 Å². The third kappa shape index (κ3) is 8.64. The van der Waals surface area contributed by atoms with Crippen LogP contribution >= 0.6 is 7.82 Å². The minimum atomic E-state index is -5.02. The number of methoxy groups -OCH3 is 1. The molecule has 3 fully saturated rings. The predicted octanol–water partition coefficient (Wildman–Crippen LogP) is -4.24. The van der Waals surface area contributed by atoms with Gasteiger partial charge in [-0.3, -0.25) is 4.79 Å². The Balaban J connectivity index is 0.00000210. The van der Waals surface area contributed by atoms with Gasteiger partial charge in [0, 0.05) is 31.9 Å². The third-order valence-electron chi connectivity index (χ3n) is 7.49. The van der Waals surface area contributed by atoms with E-state index in [0.717, 1.165) is 41.8 Å². The molecular formula is C25H32N5Na2O6P. The Hall–Kier alpha value is -0.720. The number of fused-ring (bicyclic) bond motifs is 1. The number of hydrogen-bond donors (Lipinski definition) is 2. The number of aromatic nitrogens is 2. The van der Waals surface area contributed by atoms with Crippen LogP contribution in [0.1, 0.15) is 53.6 Å². The Morgan fingerprint density at radius 1 is 1.15 bits per heavy atom. The maximum absolute atomic E-state index is 13.2. The molecule has 39 heavy (non-hydrogen) atoms. The Kier molecular flexibility index (Phi) is 11.7. The summed E-state index contributed by atoms with van der Waals surface area (Å²) in [7, 11) is -3.38. The summed E-state index contributed by atoms with van der Waals surface area (Å²) >= 11 is 0. The zero-order chi connectivity index (χ0) is 26.2. The standard InChI is InChI=1S/C25H34N5O6P.2Na/c1-15-9-16(3-8-22(15)35-2)11-26-23-21(12-27-25(29-23)30-13-17-10-18(17)14-30)24(31)28-19-4-6-20(7-5-19)36-37(32,33)34;;/h3,8-9,12,17-20H,4-7,10-11,13-14H2,1-2H3,(H,28,31)(H,26,27,29)(H2,32,33,34);;/q;2*+1/p-2. The van der Waals surface area contributed by atoms with E-state index in [1.54, 1.807) is 13.3 Å². The molecule has 0 spiro atoms. The summed E-state index contributed by atoms with van der Waals surface area (Å²) < 4.78 is 20.8. The van der Waals surface area contributed by atoms with Crippen molar-refractivity contribution in [1.82, 2.24) is 15.3 Å². The Morgan fingerprint density at radius 2 is 1.85 bits per heavy atom. The molecule has 2 aliphatic carbocycles. The molecule has 14 heteroatoms. The van der Waals surface area contributed by atoms with Gasteiger partial charge in [0.2, 0.25) is 5.95 Å². The number of anilines is 2. The molecule has 200 valence electrons. The first-order valence-electron chi connectivity index (χ1n) is 12.7. The summed E-state index contributed by atoms with van der Waals surface area (Å²) in [5.74, 6) is 3.05. The van der Waals surface area contributed by atoms with Crippen molar-refractivity contribution in [3.63, 3.8) is 0 Å². The van der Waals surface area contributed by atoms with Gasteiger partial charge in [0.05, 0.1) is 21.0 Å². The van der Waals surface area contributed by atoms with Crippen molar-refractivity contribution >= 4 is 25.5 Å². The van der Waals surface area contributed by atoms with E-state index in [-0.39, 0.29) is 71.1 Å². The van der Waals surface area contributed by atoms with E-state index in [0.29, 0.717) is 49.6 Å². The van der Waals surface area contributed by atoms with Crippen molar-refractivity contribution in [3.8, 4) is 5.75 Å². The molecule has 3 aliphatic rings. The van der Waals surface area contributed by atoms with Crippen LogP contribution in [0.3, 0.4) is 0 Å². The predicted molar refractivity (Wildman–Crippen MR) is 133 cm³/mol. The van der Waals surface area contributed by atoms with Crippen molar-refractivity contribution in [2.24, 2.45) is 11.8 Å². The van der Waals surface area contributed by atoms with Gasteiger partial charge in [-0.15, -0.1) is 0 Å². The molecule has 0 bridgehead atoms. The molecule has 2 heterocycles. The molecule has 1 aliphatic heterocycles. The largest absolute Gasteiger partial charge is 1.00 e. The quantitative estimate of drug-likeness (QED) is 0.222. The molecule has 0 radical (unpaired) electrons. The van der Waals surface area contributed by atoms with Gasteiger partial charge in [-0.1, -0.05) is 12.1 Å². The zero-order valence-electron chi connectivity index (χ0n) is 23.0. The first-order chi connectivity index (χ1) is 17.7. The molecule has 2 saturated carbocycles. The van der Waals surface area contributed by atoms with Crippen molar-refractivity contribution in [1.29, 1.82) is 0 Å². The van der Waals surface area contributed by atoms with Crippen LogP contribution in [0.15, 0.2) is 24.4 Å². The van der Waals surface area contributed by atoms with Crippen LogP contribution in [0.2, 0.25) is 0 Å². The summed E-state index contributed by atoms with van der Waals surface area (Å²) in [6, 6.07) is 5.76. The van der Waals surface area contributed by atoms with Crippen molar-refractivity contribution in [2.75, 3.05) is 30.4 Å². The zero-order valence-corrected chi connectivity index (χ0v) is 27.9. The molecule has 5 rings (SSSR count). The summed E-state index contributed by atoms with van der Waals surface area (Å²) in [4.78, 5) is 46.5. The van der Waals surface area contributed by atoms with Gasteiger partial charge in [-0.05, 0) is 68.1 Å². The summed E-state index contributed by atoms with van der Waals surface area (Å²) in [5, 5.41) is 6.35. The van der Waals surface area contributed by atoms with E-state index >= 15 is 0 Å². The third-order valence-corrected chi connectivity index (χ3v) is 8.05. The Labute approximate surface area is 273 Å². The van der Waals surface area contributed by atoms with Crippen LogP contribution in [0.25, 0.3) is 0 Å². The molecule has 2 unspecified atom stereocenters. The van der Waals surface area contributed by atoms with Crippen molar-refractivity contribution in [3.05, 3.63) is 41.1 Å². The number of piperidine rings is 1. The molecule has 1 aromatic heterocycles. The first-order valence-corrected chi connectivity index (χ1v) is 14.1. The van der Waals surface area contributed by atoms with Gasteiger partial charge in [-0.25, -0.2) is 4.98 Å². The second-order valence-electron chi connectivity index (χ2n) is 10.3. The summed E-state index contributed by atoms with van der Waals surface area (Å²) in [6.07, 6.45) is 4.01. The normalized spacial score (nSPS) is 23.6. The van der Waals surface area contributed by atoms with Gasteiger partial charge in [0.25, 0.3) is 5.91 Å². The molecule has 2 atom stereocenters. The van der Waals surface area contributed by atoms with Crippen LogP contribution in [0.5, 0.6) is 5.75 Å². The smallest absolute Gasteiger partial charge is 0.790 e. The van der Waals surface area contributed by atoms with Crippen molar-refractivity contribution in [2.45, 2.75) is 57.7 Å². The number of amides is 1. The molecule has 2 aromatic rings. The van der Waals surface area contributed by atoms with Gasteiger partial charge >= 0.3 is 59.1 Å². The minimum Gasteiger partial charge on any atom is -0.790 e. The number of nitrogens with one attached hydrogen (secondary N) is 2.